The van der Waals surface area contributed by atoms with Crippen LogP contribution in [0.5, 0.6) is 0 Å². The van der Waals surface area contributed by atoms with Crippen LogP contribution in [-0.4, -0.2) is 18.9 Å². The first kappa shape index (κ1) is 13.7. The normalized spacial score (nSPS) is 10.1. The second-order valence-corrected chi connectivity index (χ2v) is 4.19. The molecule has 92 valence electrons. The van der Waals surface area contributed by atoms with Crippen molar-refractivity contribution in [2.75, 3.05) is 7.11 Å². The van der Waals surface area contributed by atoms with E-state index in [2.05, 4.69) is 4.74 Å². The zero-order chi connectivity index (χ0) is 12.8. The molecule has 0 heterocycles. The Morgan fingerprint density at radius 1 is 1.29 bits per heavy atom. The van der Waals surface area contributed by atoms with Gasteiger partial charge in [0.25, 0.3) is 0 Å². The maximum absolute atomic E-state index is 11.9. The van der Waals surface area contributed by atoms with Gasteiger partial charge in [0, 0.05) is 18.4 Å². The predicted octanol–water partition coefficient (Wildman–Crippen LogP) is 3.17. The van der Waals surface area contributed by atoms with Crippen molar-refractivity contribution in [3.8, 4) is 0 Å². The van der Waals surface area contributed by atoms with E-state index in [1.165, 1.54) is 7.11 Å². The molecule has 4 heteroatoms. The Hall–Kier alpha value is -1.35. The summed E-state index contributed by atoms with van der Waals surface area (Å²) in [5.41, 5.74) is 1.42. The summed E-state index contributed by atoms with van der Waals surface area (Å²) >= 11 is 5.98. The van der Waals surface area contributed by atoms with Gasteiger partial charge in [0.05, 0.1) is 12.1 Å². The van der Waals surface area contributed by atoms with Gasteiger partial charge in [-0.1, -0.05) is 23.7 Å². The van der Waals surface area contributed by atoms with Gasteiger partial charge in [-0.3, -0.25) is 9.59 Å². The first-order valence-corrected chi connectivity index (χ1v) is 5.79. The van der Waals surface area contributed by atoms with Crippen LogP contribution in [0.4, 0.5) is 0 Å². The van der Waals surface area contributed by atoms with Crippen molar-refractivity contribution in [2.24, 2.45) is 0 Å². The molecule has 0 aliphatic carbocycles. The number of hydrogen-bond donors (Lipinski definition) is 0. The highest BCUT2D eigenvalue weighted by Crippen LogP contribution is 2.21. The van der Waals surface area contributed by atoms with Crippen LogP contribution in [0.25, 0.3) is 0 Å². The Morgan fingerprint density at radius 3 is 2.59 bits per heavy atom. The lowest BCUT2D eigenvalue weighted by Gasteiger charge is -2.06. The molecule has 0 atom stereocenters. The predicted molar refractivity (Wildman–Crippen MR) is 66.4 cm³/mol. The first-order chi connectivity index (χ1) is 8.06. The van der Waals surface area contributed by atoms with Gasteiger partial charge in [-0.25, -0.2) is 0 Å². The number of ether oxygens (including phenoxy) is 1. The van der Waals surface area contributed by atoms with Gasteiger partial charge in [0.1, 0.15) is 0 Å². The van der Waals surface area contributed by atoms with Gasteiger partial charge < -0.3 is 4.74 Å². The van der Waals surface area contributed by atoms with Crippen molar-refractivity contribution in [3.63, 3.8) is 0 Å². The Kier molecular flexibility index (Phi) is 5.16. The fraction of sp³-hybridized carbons (Fsp3) is 0.385. The number of methoxy groups -OCH3 is 1. The summed E-state index contributed by atoms with van der Waals surface area (Å²) in [5, 5.41) is 0.466. The van der Waals surface area contributed by atoms with Crippen LogP contribution in [0.1, 0.15) is 35.2 Å². The van der Waals surface area contributed by atoms with E-state index in [-0.39, 0.29) is 18.2 Å². The second kappa shape index (κ2) is 6.40. The summed E-state index contributed by atoms with van der Waals surface area (Å²) in [6.45, 7) is 1.85. The van der Waals surface area contributed by atoms with Gasteiger partial charge in [-0.05, 0) is 25.0 Å². The van der Waals surface area contributed by atoms with Crippen molar-refractivity contribution >= 4 is 23.4 Å². The molecule has 0 unspecified atom stereocenters. The SMILES string of the molecule is COC(=O)CCCC(=O)c1c(C)cccc1Cl. The molecule has 3 nitrogen and oxygen atoms in total. The van der Waals surface area contributed by atoms with E-state index in [9.17, 15) is 9.59 Å². The smallest absolute Gasteiger partial charge is 0.305 e. The average molecular weight is 255 g/mol. The van der Waals surface area contributed by atoms with Crippen molar-refractivity contribution in [1.29, 1.82) is 0 Å². The van der Waals surface area contributed by atoms with E-state index in [1.807, 2.05) is 19.1 Å². The number of carbonyl (C=O) groups excluding carboxylic acids is 2. The first-order valence-electron chi connectivity index (χ1n) is 5.41. The molecule has 0 fully saturated rings. The molecular formula is C13H15ClO3. The molecule has 0 aliphatic rings. The molecule has 1 aromatic carbocycles. The summed E-state index contributed by atoms with van der Waals surface area (Å²) in [6.07, 6.45) is 1.04. The monoisotopic (exact) mass is 254 g/mol. The molecule has 17 heavy (non-hydrogen) atoms. The van der Waals surface area contributed by atoms with Crippen molar-refractivity contribution in [2.45, 2.75) is 26.2 Å². The van der Waals surface area contributed by atoms with Gasteiger partial charge in [0.2, 0.25) is 0 Å². The lowest BCUT2D eigenvalue weighted by molar-refractivity contribution is -0.140. The van der Waals surface area contributed by atoms with E-state index in [4.69, 9.17) is 11.6 Å². The molecule has 0 spiro atoms. The number of halogens is 1. The lowest BCUT2D eigenvalue weighted by atomic mass is 10.0. The Balaban J connectivity index is 2.61. The second-order valence-electron chi connectivity index (χ2n) is 3.78. The topological polar surface area (TPSA) is 43.4 Å². The number of aryl methyl sites for hydroxylation is 1. The highest BCUT2D eigenvalue weighted by molar-refractivity contribution is 6.34. The third kappa shape index (κ3) is 3.86. The number of rotatable bonds is 5. The van der Waals surface area contributed by atoms with E-state index < -0.39 is 0 Å². The van der Waals surface area contributed by atoms with Crippen LogP contribution < -0.4 is 0 Å². The summed E-state index contributed by atoms with van der Waals surface area (Å²) in [4.78, 5) is 22.8. The van der Waals surface area contributed by atoms with Gasteiger partial charge in [0.15, 0.2) is 5.78 Å². The third-order valence-electron chi connectivity index (χ3n) is 2.51. The summed E-state index contributed by atoms with van der Waals surface area (Å²) in [7, 11) is 1.34. The molecule has 0 saturated heterocycles. The Bertz CT molecular complexity index is 406. The van der Waals surface area contributed by atoms with Crippen LogP contribution in [0, 0.1) is 6.92 Å². The lowest BCUT2D eigenvalue weighted by Crippen LogP contribution is -2.05. The molecule has 0 aromatic heterocycles. The van der Waals surface area contributed by atoms with E-state index in [0.717, 1.165) is 5.56 Å². The van der Waals surface area contributed by atoms with Gasteiger partial charge in [-0.15, -0.1) is 0 Å². The number of hydrogen-bond acceptors (Lipinski definition) is 3. The molecule has 0 radical (unpaired) electrons. The fourth-order valence-corrected chi connectivity index (χ4v) is 1.93. The molecule has 0 aliphatic heterocycles. The van der Waals surface area contributed by atoms with Gasteiger partial charge >= 0.3 is 5.97 Å². The summed E-state index contributed by atoms with van der Waals surface area (Å²) in [5.74, 6) is -0.328. The minimum absolute atomic E-state index is 0.0306. The quantitative estimate of drug-likeness (QED) is 0.599. The van der Waals surface area contributed by atoms with Crippen LogP contribution in [-0.2, 0) is 9.53 Å². The standard InChI is InChI=1S/C13H15ClO3/c1-9-5-3-6-10(14)13(9)11(15)7-4-8-12(16)17-2/h3,5-6H,4,7-8H2,1-2H3. The van der Waals surface area contributed by atoms with Gasteiger partial charge in [-0.2, -0.15) is 0 Å². The third-order valence-corrected chi connectivity index (χ3v) is 2.83. The number of Topliss-reactive ketones (excluding diaryl/α,β-unsaturated/α-hetero) is 1. The molecule has 1 rings (SSSR count). The van der Waals surface area contributed by atoms with Crippen LogP contribution in [0.3, 0.4) is 0 Å². The Labute approximate surface area is 106 Å². The van der Waals surface area contributed by atoms with Crippen LogP contribution in [0.2, 0.25) is 5.02 Å². The highest BCUT2D eigenvalue weighted by atomic mass is 35.5. The van der Waals surface area contributed by atoms with E-state index in [0.29, 0.717) is 23.4 Å². The van der Waals surface area contributed by atoms with Crippen LogP contribution >= 0.6 is 11.6 Å². The summed E-state index contributed by atoms with van der Waals surface area (Å²) < 4.78 is 4.51. The van der Waals surface area contributed by atoms with E-state index in [1.54, 1.807) is 6.07 Å². The maximum atomic E-state index is 11.9. The zero-order valence-corrected chi connectivity index (χ0v) is 10.7. The van der Waals surface area contributed by atoms with Crippen molar-refractivity contribution < 1.29 is 14.3 Å². The number of benzene rings is 1. The molecule has 0 amide bonds. The fourth-order valence-electron chi connectivity index (χ4n) is 1.61. The number of ketones is 1. The zero-order valence-electron chi connectivity index (χ0n) is 9.96. The molecular weight excluding hydrogens is 240 g/mol. The number of esters is 1. The Morgan fingerprint density at radius 2 is 2.00 bits per heavy atom. The highest BCUT2D eigenvalue weighted by Gasteiger charge is 2.13. The largest absolute Gasteiger partial charge is 0.469 e. The maximum Gasteiger partial charge on any atom is 0.305 e. The molecule has 1 aromatic rings. The number of carbonyl (C=O) groups is 2. The van der Waals surface area contributed by atoms with Crippen molar-refractivity contribution in [1.82, 2.24) is 0 Å². The summed E-state index contributed by atoms with van der Waals surface area (Å²) in [6, 6.07) is 5.35. The molecule has 0 bridgehead atoms. The molecule has 0 N–H and O–H groups in total. The molecule has 0 saturated carbocycles. The average Bonchev–Trinajstić information content (AvgIpc) is 2.28. The van der Waals surface area contributed by atoms with E-state index >= 15 is 0 Å². The van der Waals surface area contributed by atoms with Crippen molar-refractivity contribution in [3.05, 3.63) is 34.3 Å². The minimum Gasteiger partial charge on any atom is -0.469 e. The van der Waals surface area contributed by atoms with Crippen LogP contribution in [0.15, 0.2) is 18.2 Å². The minimum atomic E-state index is -0.298.